The molecule has 2 rings (SSSR count). The van der Waals surface area contributed by atoms with E-state index in [-0.39, 0.29) is 17.1 Å². The van der Waals surface area contributed by atoms with Crippen LogP contribution in [0.3, 0.4) is 0 Å². The molecule has 0 aliphatic rings. The number of carbonyl (C=O) groups excluding carboxylic acids is 1. The van der Waals surface area contributed by atoms with Crippen molar-refractivity contribution in [3.8, 4) is 11.1 Å². The number of rotatable bonds is 5. The maximum atomic E-state index is 12.0. The van der Waals surface area contributed by atoms with Crippen LogP contribution in [0.5, 0.6) is 0 Å². The van der Waals surface area contributed by atoms with E-state index in [1.165, 1.54) is 0 Å². The lowest BCUT2D eigenvalue weighted by molar-refractivity contribution is -0.117. The number of nitrogens with two attached hydrogens (primary N) is 1. The minimum Gasteiger partial charge on any atom is -0.370 e. The Bertz CT molecular complexity index is 692. The normalized spacial score (nSPS) is 11.2. The van der Waals surface area contributed by atoms with E-state index in [2.05, 4.69) is 0 Å². The van der Waals surface area contributed by atoms with E-state index >= 15 is 0 Å². The Morgan fingerprint density at radius 1 is 0.900 bits per heavy atom. The Morgan fingerprint density at radius 2 is 1.45 bits per heavy atom. The van der Waals surface area contributed by atoms with Gasteiger partial charge in [0.25, 0.3) is 0 Å². The zero-order valence-corrected chi connectivity index (χ0v) is 11.6. The van der Waals surface area contributed by atoms with Crippen LogP contribution in [0.15, 0.2) is 59.5 Å². The monoisotopic (exact) mass is 289 g/mol. The molecule has 1 amide bonds. The first kappa shape index (κ1) is 14.3. The third-order valence-electron chi connectivity index (χ3n) is 2.94. The molecule has 0 aromatic heterocycles. The molecule has 4 nitrogen and oxygen atoms in total. The Kier molecular flexibility index (Phi) is 4.20. The molecular formula is C15H15NO3S. The van der Waals surface area contributed by atoms with Crippen molar-refractivity contribution in [3.05, 3.63) is 54.6 Å². The number of carbonyl (C=O) groups is 1. The van der Waals surface area contributed by atoms with Gasteiger partial charge in [0.15, 0.2) is 9.84 Å². The fourth-order valence-corrected chi connectivity index (χ4v) is 3.09. The summed E-state index contributed by atoms with van der Waals surface area (Å²) in [4.78, 5) is 10.9. The molecule has 0 heterocycles. The quantitative estimate of drug-likeness (QED) is 0.914. The number of benzene rings is 2. The maximum Gasteiger partial charge on any atom is 0.218 e. The van der Waals surface area contributed by atoms with Crippen molar-refractivity contribution in [2.45, 2.75) is 11.3 Å². The molecule has 104 valence electrons. The Balaban J connectivity index is 2.22. The fraction of sp³-hybridized carbons (Fsp3) is 0.133. The number of hydrogen-bond acceptors (Lipinski definition) is 3. The summed E-state index contributed by atoms with van der Waals surface area (Å²) in [5, 5.41) is 0. The van der Waals surface area contributed by atoms with Crippen molar-refractivity contribution in [2.75, 3.05) is 5.75 Å². The molecule has 2 aromatic carbocycles. The van der Waals surface area contributed by atoms with Crippen LogP contribution in [0, 0.1) is 0 Å². The number of amides is 1. The smallest absolute Gasteiger partial charge is 0.218 e. The van der Waals surface area contributed by atoms with Gasteiger partial charge >= 0.3 is 0 Å². The molecular weight excluding hydrogens is 274 g/mol. The molecule has 0 spiro atoms. The standard InChI is InChI=1S/C15H15NO3S/c16-15(17)10-11-20(18,19)14-8-6-13(7-9-14)12-4-2-1-3-5-12/h1-9H,10-11H2,(H2,16,17). The lowest BCUT2D eigenvalue weighted by Crippen LogP contribution is -2.17. The second kappa shape index (κ2) is 5.88. The van der Waals surface area contributed by atoms with Crippen LogP contribution in [0.2, 0.25) is 0 Å². The summed E-state index contributed by atoms with van der Waals surface area (Å²) >= 11 is 0. The van der Waals surface area contributed by atoms with Gasteiger partial charge in [-0.1, -0.05) is 42.5 Å². The van der Waals surface area contributed by atoms with Gasteiger partial charge in [-0.2, -0.15) is 0 Å². The minimum absolute atomic E-state index is 0.164. The molecule has 0 aliphatic carbocycles. The van der Waals surface area contributed by atoms with Crippen LogP contribution in [0.4, 0.5) is 0 Å². The Labute approximate surface area is 118 Å². The summed E-state index contributed by atoms with van der Waals surface area (Å²) in [6.45, 7) is 0. The zero-order chi connectivity index (χ0) is 14.6. The zero-order valence-electron chi connectivity index (χ0n) is 10.8. The molecule has 0 bridgehead atoms. The third-order valence-corrected chi connectivity index (χ3v) is 4.67. The van der Waals surface area contributed by atoms with Crippen LogP contribution >= 0.6 is 0 Å². The largest absolute Gasteiger partial charge is 0.370 e. The van der Waals surface area contributed by atoms with Gasteiger partial charge in [0.2, 0.25) is 5.91 Å². The highest BCUT2D eigenvalue weighted by Crippen LogP contribution is 2.21. The van der Waals surface area contributed by atoms with Gasteiger partial charge in [-0.3, -0.25) is 4.79 Å². The van der Waals surface area contributed by atoms with E-state index in [1.807, 2.05) is 30.3 Å². The van der Waals surface area contributed by atoms with Gasteiger partial charge in [-0.15, -0.1) is 0 Å². The van der Waals surface area contributed by atoms with E-state index in [0.29, 0.717) is 0 Å². The molecule has 0 aliphatic heterocycles. The topological polar surface area (TPSA) is 77.2 Å². The summed E-state index contributed by atoms with van der Waals surface area (Å²) < 4.78 is 24.0. The highest BCUT2D eigenvalue weighted by molar-refractivity contribution is 7.91. The molecule has 0 saturated heterocycles. The second-order valence-electron chi connectivity index (χ2n) is 4.43. The van der Waals surface area contributed by atoms with Gasteiger partial charge in [0, 0.05) is 6.42 Å². The molecule has 0 atom stereocenters. The third kappa shape index (κ3) is 3.45. The van der Waals surface area contributed by atoms with E-state index in [9.17, 15) is 13.2 Å². The minimum atomic E-state index is -3.46. The molecule has 0 radical (unpaired) electrons. The summed E-state index contributed by atoms with van der Waals surface area (Å²) in [5.74, 6) is -0.873. The van der Waals surface area contributed by atoms with E-state index in [1.54, 1.807) is 24.3 Å². The maximum absolute atomic E-state index is 12.0. The van der Waals surface area contributed by atoms with Crippen molar-refractivity contribution < 1.29 is 13.2 Å². The molecule has 0 saturated carbocycles. The number of sulfone groups is 1. The van der Waals surface area contributed by atoms with Gasteiger partial charge < -0.3 is 5.73 Å². The van der Waals surface area contributed by atoms with Gasteiger partial charge in [-0.25, -0.2) is 8.42 Å². The summed E-state index contributed by atoms with van der Waals surface area (Å²) in [7, 11) is -3.46. The first-order valence-corrected chi connectivity index (χ1v) is 7.81. The molecule has 5 heteroatoms. The molecule has 20 heavy (non-hydrogen) atoms. The van der Waals surface area contributed by atoms with Crippen molar-refractivity contribution >= 4 is 15.7 Å². The second-order valence-corrected chi connectivity index (χ2v) is 6.53. The average Bonchev–Trinajstić information content (AvgIpc) is 2.46. The van der Waals surface area contributed by atoms with E-state index in [0.717, 1.165) is 11.1 Å². The van der Waals surface area contributed by atoms with Crippen LogP contribution in [-0.4, -0.2) is 20.1 Å². The summed E-state index contributed by atoms with van der Waals surface area (Å²) in [6.07, 6.45) is -0.164. The number of hydrogen-bond donors (Lipinski definition) is 1. The predicted octanol–water partition coefficient (Wildman–Crippen LogP) is 2.00. The van der Waals surface area contributed by atoms with Gasteiger partial charge in [0.1, 0.15) is 0 Å². The van der Waals surface area contributed by atoms with E-state index in [4.69, 9.17) is 5.73 Å². The van der Waals surface area contributed by atoms with Gasteiger partial charge in [0.05, 0.1) is 10.6 Å². The molecule has 2 aromatic rings. The van der Waals surface area contributed by atoms with Crippen molar-refractivity contribution in [3.63, 3.8) is 0 Å². The van der Waals surface area contributed by atoms with Crippen LogP contribution in [-0.2, 0) is 14.6 Å². The van der Waals surface area contributed by atoms with Crippen molar-refractivity contribution in [1.29, 1.82) is 0 Å². The lowest BCUT2D eigenvalue weighted by atomic mass is 10.1. The first-order valence-electron chi connectivity index (χ1n) is 6.15. The van der Waals surface area contributed by atoms with Crippen LogP contribution in [0.25, 0.3) is 11.1 Å². The SMILES string of the molecule is NC(=O)CCS(=O)(=O)c1ccc(-c2ccccc2)cc1. The van der Waals surface area contributed by atoms with Crippen molar-refractivity contribution in [2.24, 2.45) is 5.73 Å². The highest BCUT2D eigenvalue weighted by Gasteiger charge is 2.15. The first-order chi connectivity index (χ1) is 9.49. The summed E-state index contributed by atoms with van der Waals surface area (Å²) in [6, 6.07) is 16.3. The number of primary amides is 1. The lowest BCUT2D eigenvalue weighted by Gasteiger charge is -2.05. The fourth-order valence-electron chi connectivity index (χ4n) is 1.84. The predicted molar refractivity (Wildman–Crippen MR) is 77.7 cm³/mol. The molecule has 0 fully saturated rings. The Hall–Kier alpha value is -2.14. The van der Waals surface area contributed by atoms with Crippen LogP contribution < -0.4 is 5.73 Å². The summed E-state index contributed by atoms with van der Waals surface area (Å²) in [5.41, 5.74) is 6.94. The van der Waals surface area contributed by atoms with Crippen molar-refractivity contribution in [1.82, 2.24) is 0 Å². The van der Waals surface area contributed by atoms with Gasteiger partial charge in [-0.05, 0) is 23.3 Å². The highest BCUT2D eigenvalue weighted by atomic mass is 32.2. The van der Waals surface area contributed by atoms with Crippen LogP contribution in [0.1, 0.15) is 6.42 Å². The molecule has 2 N–H and O–H groups in total. The molecule has 0 unspecified atom stereocenters. The van der Waals surface area contributed by atoms with E-state index < -0.39 is 15.7 Å². The Morgan fingerprint density at radius 3 is 2.00 bits per heavy atom. The average molecular weight is 289 g/mol.